The highest BCUT2D eigenvalue weighted by molar-refractivity contribution is 7.47. The molecule has 1 unspecified atom stereocenters. The molecule has 86 valence electrons. The zero-order valence-electron chi connectivity index (χ0n) is 8.77. The summed E-state index contributed by atoms with van der Waals surface area (Å²) in [7, 11) is -2.62. The van der Waals surface area contributed by atoms with Gasteiger partial charge in [-0.25, -0.2) is 4.57 Å². The molecule has 0 aliphatic carbocycles. The van der Waals surface area contributed by atoms with Gasteiger partial charge in [0.15, 0.2) is 0 Å². The van der Waals surface area contributed by atoms with Crippen LogP contribution in [-0.4, -0.2) is 31.8 Å². The van der Waals surface area contributed by atoms with Crippen molar-refractivity contribution in [2.45, 2.75) is 26.2 Å². The van der Waals surface area contributed by atoms with Crippen molar-refractivity contribution in [3.8, 4) is 0 Å². The second kappa shape index (κ2) is 8.38. The highest BCUT2D eigenvalue weighted by Gasteiger charge is 2.16. The summed E-state index contributed by atoms with van der Waals surface area (Å²) in [6, 6.07) is 0. The van der Waals surface area contributed by atoms with Crippen LogP contribution in [0.5, 0.6) is 0 Å². The minimum Gasteiger partial charge on any atom is -0.382 e. The van der Waals surface area contributed by atoms with Gasteiger partial charge in [0.05, 0.1) is 6.61 Å². The van der Waals surface area contributed by atoms with Crippen LogP contribution < -0.4 is 0 Å². The van der Waals surface area contributed by atoms with Crippen molar-refractivity contribution in [1.82, 2.24) is 0 Å². The van der Waals surface area contributed by atoms with Crippen LogP contribution in [0.25, 0.3) is 0 Å². The van der Waals surface area contributed by atoms with Gasteiger partial charge in [-0.3, -0.25) is 9.05 Å². The second-order valence-electron chi connectivity index (χ2n) is 2.74. The summed E-state index contributed by atoms with van der Waals surface area (Å²) < 4.78 is 24.8. The van der Waals surface area contributed by atoms with Gasteiger partial charge in [0.2, 0.25) is 0 Å². The summed E-state index contributed by atoms with van der Waals surface area (Å²) in [5.41, 5.74) is 0. The summed E-state index contributed by atoms with van der Waals surface area (Å²) >= 11 is 0. The van der Waals surface area contributed by atoms with Crippen LogP contribution in [0.4, 0.5) is 0 Å². The molecule has 1 N–H and O–H groups in total. The topological polar surface area (TPSA) is 65.0 Å². The minimum absolute atomic E-state index is 0.244. The lowest BCUT2D eigenvalue weighted by molar-refractivity contribution is 0.138. The lowest BCUT2D eigenvalue weighted by Crippen LogP contribution is -1.97. The fourth-order valence-corrected chi connectivity index (χ4v) is 1.33. The van der Waals surface area contributed by atoms with E-state index in [-0.39, 0.29) is 6.61 Å². The predicted octanol–water partition coefficient (Wildman–Crippen LogP) is 1.96. The molecule has 0 radical (unpaired) electrons. The molecule has 0 saturated heterocycles. The number of rotatable bonds is 9. The molecule has 0 spiro atoms. The molecule has 0 fully saturated rings. The third kappa shape index (κ3) is 8.66. The zero-order valence-corrected chi connectivity index (χ0v) is 9.66. The molecule has 1 atom stereocenters. The van der Waals surface area contributed by atoms with Gasteiger partial charge in [-0.2, -0.15) is 0 Å². The van der Waals surface area contributed by atoms with E-state index in [1.165, 1.54) is 0 Å². The fourth-order valence-electron chi connectivity index (χ4n) is 0.860. The van der Waals surface area contributed by atoms with E-state index < -0.39 is 7.82 Å². The van der Waals surface area contributed by atoms with Crippen molar-refractivity contribution in [3.05, 3.63) is 0 Å². The second-order valence-corrected chi connectivity index (χ2v) is 4.30. The maximum Gasteiger partial charge on any atom is 0.471 e. The number of phosphoric acid groups is 1. The summed E-state index contributed by atoms with van der Waals surface area (Å²) in [5, 5.41) is 0. The smallest absolute Gasteiger partial charge is 0.382 e. The maximum atomic E-state index is 10.8. The third-order valence-electron chi connectivity index (χ3n) is 1.62. The summed E-state index contributed by atoms with van der Waals surface area (Å²) in [5.74, 6) is 0. The Balaban J connectivity index is 3.17. The molecule has 0 aromatic carbocycles. The van der Waals surface area contributed by atoms with Crippen LogP contribution in [0, 0.1) is 0 Å². The molecule has 5 nitrogen and oxygen atoms in total. The van der Waals surface area contributed by atoms with Crippen LogP contribution in [-0.2, 0) is 18.3 Å². The Morgan fingerprint density at radius 1 is 1.21 bits per heavy atom. The molecular weight excluding hydrogens is 207 g/mol. The molecule has 0 aromatic heterocycles. The molecule has 0 amide bonds. The molecule has 0 heterocycles. The molecule has 0 aromatic rings. The SMILES string of the molecule is CCOCCCCCOP(=O)(O)OC. The van der Waals surface area contributed by atoms with Gasteiger partial charge < -0.3 is 9.63 Å². The van der Waals surface area contributed by atoms with Gasteiger partial charge in [0.1, 0.15) is 0 Å². The van der Waals surface area contributed by atoms with Crippen LogP contribution in [0.3, 0.4) is 0 Å². The number of hydrogen-bond donors (Lipinski definition) is 1. The number of phosphoric ester groups is 1. The Morgan fingerprint density at radius 2 is 1.86 bits per heavy atom. The quantitative estimate of drug-likeness (QED) is 0.481. The maximum absolute atomic E-state index is 10.8. The Morgan fingerprint density at radius 3 is 2.43 bits per heavy atom. The normalized spacial score (nSPS) is 15.4. The van der Waals surface area contributed by atoms with E-state index in [1.807, 2.05) is 6.92 Å². The molecule has 6 heteroatoms. The zero-order chi connectivity index (χ0) is 10.9. The molecule has 14 heavy (non-hydrogen) atoms. The Hall–Kier alpha value is 0.0700. The van der Waals surface area contributed by atoms with E-state index in [2.05, 4.69) is 9.05 Å². The van der Waals surface area contributed by atoms with Crippen molar-refractivity contribution >= 4 is 7.82 Å². The highest BCUT2D eigenvalue weighted by Crippen LogP contribution is 2.41. The third-order valence-corrected chi connectivity index (χ3v) is 2.59. The number of hydrogen-bond acceptors (Lipinski definition) is 4. The van der Waals surface area contributed by atoms with Crippen LogP contribution >= 0.6 is 7.82 Å². The van der Waals surface area contributed by atoms with E-state index in [9.17, 15) is 4.57 Å². The Bertz CT molecular complexity index is 173. The average molecular weight is 226 g/mol. The van der Waals surface area contributed by atoms with Crippen molar-refractivity contribution < 1.29 is 23.2 Å². The number of unbranched alkanes of at least 4 members (excludes halogenated alkanes) is 2. The van der Waals surface area contributed by atoms with Crippen molar-refractivity contribution in [1.29, 1.82) is 0 Å². The molecule has 0 rings (SSSR count). The van der Waals surface area contributed by atoms with Crippen LogP contribution in [0.1, 0.15) is 26.2 Å². The molecular formula is C8H19O5P. The molecule has 0 aliphatic heterocycles. The summed E-state index contributed by atoms with van der Waals surface area (Å²) in [6.07, 6.45) is 2.60. The standard InChI is InChI=1S/C8H19O5P/c1-3-12-7-5-4-6-8-13-14(9,10)11-2/h3-8H2,1-2H3,(H,9,10). The fraction of sp³-hybridized carbons (Fsp3) is 1.00. The van der Waals surface area contributed by atoms with Crippen molar-refractivity contribution in [2.75, 3.05) is 26.9 Å². The summed E-state index contributed by atoms with van der Waals surface area (Å²) in [4.78, 5) is 8.85. The summed E-state index contributed by atoms with van der Waals surface area (Å²) in [6.45, 7) is 3.65. The van der Waals surface area contributed by atoms with Gasteiger partial charge in [0.25, 0.3) is 0 Å². The monoisotopic (exact) mass is 226 g/mol. The van der Waals surface area contributed by atoms with Crippen molar-refractivity contribution in [3.63, 3.8) is 0 Å². The van der Waals surface area contributed by atoms with Gasteiger partial charge in [-0.15, -0.1) is 0 Å². The van der Waals surface area contributed by atoms with Gasteiger partial charge >= 0.3 is 7.82 Å². The Labute approximate surface area is 85.0 Å². The first kappa shape index (κ1) is 14.1. The molecule has 0 aliphatic rings. The van der Waals surface area contributed by atoms with Crippen molar-refractivity contribution in [2.24, 2.45) is 0 Å². The van der Waals surface area contributed by atoms with E-state index in [4.69, 9.17) is 9.63 Å². The lowest BCUT2D eigenvalue weighted by Gasteiger charge is -2.08. The highest BCUT2D eigenvalue weighted by atomic mass is 31.2. The average Bonchev–Trinajstić information content (AvgIpc) is 2.16. The largest absolute Gasteiger partial charge is 0.471 e. The first-order chi connectivity index (χ1) is 6.62. The Kier molecular flexibility index (Phi) is 8.43. The van der Waals surface area contributed by atoms with E-state index in [1.54, 1.807) is 0 Å². The molecule has 0 saturated carbocycles. The predicted molar refractivity (Wildman–Crippen MR) is 53.1 cm³/mol. The van der Waals surface area contributed by atoms with E-state index >= 15 is 0 Å². The van der Waals surface area contributed by atoms with E-state index in [0.717, 1.165) is 39.6 Å². The van der Waals surface area contributed by atoms with Crippen LogP contribution in [0.15, 0.2) is 0 Å². The van der Waals surface area contributed by atoms with E-state index in [0.29, 0.717) is 0 Å². The van der Waals surface area contributed by atoms with Gasteiger partial charge in [-0.05, 0) is 26.2 Å². The number of ether oxygens (including phenoxy) is 1. The first-order valence-electron chi connectivity index (χ1n) is 4.73. The van der Waals surface area contributed by atoms with Gasteiger partial charge in [0, 0.05) is 20.3 Å². The van der Waals surface area contributed by atoms with Crippen LogP contribution in [0.2, 0.25) is 0 Å². The minimum atomic E-state index is -3.77. The molecule has 0 bridgehead atoms. The first-order valence-corrected chi connectivity index (χ1v) is 6.22. The van der Waals surface area contributed by atoms with Gasteiger partial charge in [-0.1, -0.05) is 0 Å². The lowest BCUT2D eigenvalue weighted by atomic mass is 10.2.